The van der Waals surface area contributed by atoms with Gasteiger partial charge in [0.05, 0.1) is 0 Å². The first-order valence-electron chi connectivity index (χ1n) is 5.74. The minimum atomic E-state index is 0.650. The Morgan fingerprint density at radius 1 is 1.14 bits per heavy atom. The van der Waals surface area contributed by atoms with Gasteiger partial charge < -0.3 is 0 Å². The first-order chi connectivity index (χ1) is 6.65. The third-order valence-corrected chi connectivity index (χ3v) is 2.37. The largest absolute Gasteiger partial charge is 0.0683 e. The van der Waals surface area contributed by atoms with Crippen LogP contribution in [0.25, 0.3) is 0 Å². The Morgan fingerprint density at radius 3 is 2.14 bits per heavy atom. The van der Waals surface area contributed by atoms with Gasteiger partial charge >= 0.3 is 0 Å². The molecule has 0 nitrogen and oxygen atoms in total. The van der Waals surface area contributed by atoms with Crippen molar-refractivity contribution in [3.05, 3.63) is 34.9 Å². The highest BCUT2D eigenvalue weighted by atomic mass is 14.1. The van der Waals surface area contributed by atoms with Crippen LogP contribution in [-0.2, 0) is 6.42 Å². The van der Waals surface area contributed by atoms with Crippen molar-refractivity contribution in [3.63, 3.8) is 0 Å². The summed E-state index contributed by atoms with van der Waals surface area (Å²) in [4.78, 5) is 0. The van der Waals surface area contributed by atoms with Gasteiger partial charge in [-0.2, -0.15) is 0 Å². The average Bonchev–Trinajstić information content (AvgIpc) is 2.21. The van der Waals surface area contributed by atoms with E-state index in [2.05, 4.69) is 45.9 Å². The lowest BCUT2D eigenvalue weighted by molar-refractivity contribution is 0.852. The van der Waals surface area contributed by atoms with Crippen molar-refractivity contribution >= 4 is 0 Å². The highest BCUT2D eigenvalue weighted by molar-refractivity contribution is 5.33. The summed E-state index contributed by atoms with van der Waals surface area (Å²) in [6.45, 7) is 12.9. The Hall–Kier alpha value is -0.780. The van der Waals surface area contributed by atoms with E-state index in [0.717, 1.165) is 6.42 Å². The molecule has 14 heavy (non-hydrogen) atoms. The van der Waals surface area contributed by atoms with Gasteiger partial charge in [-0.15, -0.1) is 0 Å². The minimum Gasteiger partial charge on any atom is -0.0683 e. The zero-order valence-electron chi connectivity index (χ0n) is 10.5. The second-order valence-electron chi connectivity index (χ2n) is 3.70. The zero-order valence-corrected chi connectivity index (χ0v) is 10.5. The van der Waals surface area contributed by atoms with Crippen LogP contribution in [0.15, 0.2) is 18.2 Å². The van der Waals surface area contributed by atoms with Crippen LogP contribution in [0.4, 0.5) is 0 Å². The van der Waals surface area contributed by atoms with Gasteiger partial charge in [-0.25, -0.2) is 0 Å². The smallest absolute Gasteiger partial charge is 0.0216 e. The van der Waals surface area contributed by atoms with Crippen LogP contribution in [0.3, 0.4) is 0 Å². The predicted molar refractivity (Wildman–Crippen MR) is 66.0 cm³/mol. The SMILES string of the molecule is CC.CCc1ccc(C)c(C(C)C)c1. The molecule has 0 amide bonds. The van der Waals surface area contributed by atoms with Crippen molar-refractivity contribution in [2.24, 2.45) is 0 Å². The lowest BCUT2D eigenvalue weighted by Crippen LogP contribution is -1.93. The third-order valence-electron chi connectivity index (χ3n) is 2.37. The molecule has 0 aliphatic heterocycles. The molecule has 0 bridgehead atoms. The van der Waals surface area contributed by atoms with Gasteiger partial charge in [0.2, 0.25) is 0 Å². The first-order valence-corrected chi connectivity index (χ1v) is 5.74. The molecule has 0 saturated carbocycles. The molecule has 0 radical (unpaired) electrons. The molecule has 0 spiro atoms. The number of benzene rings is 1. The van der Waals surface area contributed by atoms with Crippen molar-refractivity contribution in [1.82, 2.24) is 0 Å². The standard InChI is InChI=1S/C12H18.C2H6/c1-5-11-7-6-10(4)12(8-11)9(2)3;1-2/h6-9H,5H2,1-4H3;1-2H3. The monoisotopic (exact) mass is 192 g/mol. The summed E-state index contributed by atoms with van der Waals surface area (Å²) < 4.78 is 0. The van der Waals surface area contributed by atoms with E-state index >= 15 is 0 Å². The van der Waals surface area contributed by atoms with Gasteiger partial charge in [-0.3, -0.25) is 0 Å². The fourth-order valence-corrected chi connectivity index (χ4v) is 1.53. The maximum absolute atomic E-state index is 2.33. The summed E-state index contributed by atoms with van der Waals surface area (Å²) >= 11 is 0. The van der Waals surface area contributed by atoms with Crippen molar-refractivity contribution in [1.29, 1.82) is 0 Å². The van der Waals surface area contributed by atoms with Crippen LogP contribution in [0, 0.1) is 6.92 Å². The fraction of sp³-hybridized carbons (Fsp3) is 0.571. The van der Waals surface area contributed by atoms with E-state index in [4.69, 9.17) is 0 Å². The van der Waals surface area contributed by atoms with Crippen LogP contribution in [-0.4, -0.2) is 0 Å². The molecular weight excluding hydrogens is 168 g/mol. The first kappa shape index (κ1) is 13.2. The molecule has 0 heteroatoms. The fourth-order valence-electron chi connectivity index (χ4n) is 1.53. The maximum Gasteiger partial charge on any atom is -0.0216 e. The number of aryl methyl sites for hydroxylation is 2. The lowest BCUT2D eigenvalue weighted by atomic mass is 9.95. The highest BCUT2D eigenvalue weighted by Crippen LogP contribution is 2.20. The zero-order chi connectivity index (χ0) is 11.1. The quantitative estimate of drug-likeness (QED) is 0.636. The van der Waals surface area contributed by atoms with Crippen molar-refractivity contribution < 1.29 is 0 Å². The van der Waals surface area contributed by atoms with Crippen LogP contribution in [0.5, 0.6) is 0 Å². The highest BCUT2D eigenvalue weighted by Gasteiger charge is 2.02. The Balaban J connectivity index is 0.000000791. The van der Waals surface area contributed by atoms with Gasteiger partial charge in [0.25, 0.3) is 0 Å². The summed E-state index contributed by atoms with van der Waals surface area (Å²) in [6.07, 6.45) is 1.14. The number of hydrogen-bond acceptors (Lipinski definition) is 0. The molecule has 0 aliphatic carbocycles. The summed E-state index contributed by atoms with van der Waals surface area (Å²) in [5.74, 6) is 0.650. The van der Waals surface area contributed by atoms with Crippen LogP contribution in [0.2, 0.25) is 0 Å². The van der Waals surface area contributed by atoms with E-state index in [9.17, 15) is 0 Å². The molecule has 80 valence electrons. The summed E-state index contributed by atoms with van der Waals surface area (Å²) in [5, 5.41) is 0. The normalized spacial score (nSPS) is 9.64. The van der Waals surface area contributed by atoms with E-state index in [1.807, 2.05) is 13.8 Å². The van der Waals surface area contributed by atoms with E-state index in [1.54, 1.807) is 0 Å². The Kier molecular flexibility index (Phi) is 6.27. The van der Waals surface area contributed by atoms with Crippen molar-refractivity contribution in [2.45, 2.75) is 53.9 Å². The third kappa shape index (κ3) is 3.53. The van der Waals surface area contributed by atoms with Gasteiger partial charge in [0.1, 0.15) is 0 Å². The Labute approximate surface area is 89.4 Å². The van der Waals surface area contributed by atoms with Crippen molar-refractivity contribution in [2.75, 3.05) is 0 Å². The molecule has 1 aromatic carbocycles. The second kappa shape index (κ2) is 6.64. The van der Waals surface area contributed by atoms with Crippen LogP contribution in [0.1, 0.15) is 57.2 Å². The summed E-state index contributed by atoms with van der Waals surface area (Å²) in [5.41, 5.74) is 4.36. The molecule has 0 aliphatic rings. The summed E-state index contributed by atoms with van der Waals surface area (Å²) in [6, 6.07) is 6.79. The maximum atomic E-state index is 2.33. The Bertz CT molecular complexity index is 259. The molecule has 0 atom stereocenters. The average molecular weight is 192 g/mol. The molecule has 0 saturated heterocycles. The van der Waals surface area contributed by atoms with E-state index < -0.39 is 0 Å². The lowest BCUT2D eigenvalue weighted by Gasteiger charge is -2.10. The second-order valence-corrected chi connectivity index (χ2v) is 3.70. The molecule has 0 aromatic heterocycles. The number of rotatable bonds is 2. The molecule has 0 heterocycles. The van der Waals surface area contributed by atoms with Gasteiger partial charge in [-0.05, 0) is 36.0 Å². The van der Waals surface area contributed by atoms with Gasteiger partial charge in [-0.1, -0.05) is 52.8 Å². The van der Waals surface area contributed by atoms with Crippen LogP contribution >= 0.6 is 0 Å². The van der Waals surface area contributed by atoms with Gasteiger partial charge in [0, 0.05) is 0 Å². The van der Waals surface area contributed by atoms with E-state index in [0.29, 0.717) is 5.92 Å². The molecular formula is C14H24. The van der Waals surface area contributed by atoms with Gasteiger partial charge in [0.15, 0.2) is 0 Å². The van der Waals surface area contributed by atoms with E-state index in [1.165, 1.54) is 16.7 Å². The Morgan fingerprint density at radius 2 is 1.71 bits per heavy atom. The predicted octanol–water partition coefficient (Wildman–Crippen LogP) is 4.71. The number of hydrogen-bond donors (Lipinski definition) is 0. The molecule has 0 fully saturated rings. The minimum absolute atomic E-state index is 0.650. The summed E-state index contributed by atoms with van der Waals surface area (Å²) in [7, 11) is 0. The molecule has 1 aromatic rings. The van der Waals surface area contributed by atoms with E-state index in [-0.39, 0.29) is 0 Å². The molecule has 1 rings (SSSR count). The molecule has 0 unspecified atom stereocenters. The molecule has 0 N–H and O–H groups in total. The van der Waals surface area contributed by atoms with Crippen molar-refractivity contribution in [3.8, 4) is 0 Å². The van der Waals surface area contributed by atoms with Crippen LogP contribution < -0.4 is 0 Å². The topological polar surface area (TPSA) is 0 Å².